The summed E-state index contributed by atoms with van der Waals surface area (Å²) in [6.07, 6.45) is 6.32. The summed E-state index contributed by atoms with van der Waals surface area (Å²) in [5.74, 6) is 1.78. The van der Waals surface area contributed by atoms with Crippen molar-refractivity contribution >= 4 is 5.91 Å². The largest absolute Gasteiger partial charge is 0.493 e. The number of methoxy groups -OCH3 is 1. The Kier molecular flexibility index (Phi) is 6.53. The molecular weight excluding hydrogens is 326 g/mol. The number of hydrogen-bond donors (Lipinski definition) is 1. The molecule has 0 spiro atoms. The van der Waals surface area contributed by atoms with Crippen molar-refractivity contribution in [1.82, 2.24) is 5.32 Å². The predicted molar refractivity (Wildman–Crippen MR) is 103 cm³/mol. The Hall–Kier alpha value is -2.49. The highest BCUT2D eigenvalue weighted by molar-refractivity contribution is 5.94. The van der Waals surface area contributed by atoms with E-state index in [1.165, 1.54) is 32.1 Å². The molecule has 2 aromatic rings. The van der Waals surface area contributed by atoms with Gasteiger partial charge in [-0.15, -0.1) is 0 Å². The van der Waals surface area contributed by atoms with Crippen LogP contribution in [0.2, 0.25) is 0 Å². The van der Waals surface area contributed by atoms with Crippen molar-refractivity contribution in [3.63, 3.8) is 0 Å². The average Bonchev–Trinajstić information content (AvgIpc) is 2.72. The van der Waals surface area contributed by atoms with Gasteiger partial charge in [-0.05, 0) is 42.5 Å². The third kappa shape index (κ3) is 5.01. The van der Waals surface area contributed by atoms with Crippen LogP contribution >= 0.6 is 0 Å². The van der Waals surface area contributed by atoms with E-state index in [2.05, 4.69) is 5.32 Å². The maximum absolute atomic E-state index is 12.4. The van der Waals surface area contributed by atoms with E-state index in [1.54, 1.807) is 25.3 Å². The number of amides is 1. The number of rotatable bonds is 7. The highest BCUT2D eigenvalue weighted by Gasteiger charge is 2.16. The number of carbonyl (C=O) groups is 1. The third-order valence-corrected chi connectivity index (χ3v) is 4.94. The van der Waals surface area contributed by atoms with Crippen LogP contribution in [0.15, 0.2) is 48.5 Å². The van der Waals surface area contributed by atoms with Gasteiger partial charge < -0.3 is 14.8 Å². The lowest BCUT2D eigenvalue weighted by Crippen LogP contribution is -2.30. The Morgan fingerprint density at radius 3 is 2.54 bits per heavy atom. The average molecular weight is 353 g/mol. The minimum Gasteiger partial charge on any atom is -0.493 e. The summed E-state index contributed by atoms with van der Waals surface area (Å²) in [7, 11) is 1.59. The van der Waals surface area contributed by atoms with E-state index in [-0.39, 0.29) is 5.91 Å². The number of nitrogens with one attached hydrogen (secondary N) is 1. The Morgan fingerprint density at radius 1 is 1.04 bits per heavy atom. The molecule has 0 unspecified atom stereocenters. The van der Waals surface area contributed by atoms with Gasteiger partial charge in [0.05, 0.1) is 7.11 Å². The molecule has 0 aliphatic heterocycles. The van der Waals surface area contributed by atoms with Gasteiger partial charge in [0.25, 0.3) is 5.91 Å². The molecule has 0 aromatic heterocycles. The molecular formula is C22H27NO3. The second-order valence-electron chi connectivity index (χ2n) is 6.85. The van der Waals surface area contributed by atoms with Crippen molar-refractivity contribution in [2.45, 2.75) is 38.7 Å². The van der Waals surface area contributed by atoms with Gasteiger partial charge in [0, 0.05) is 12.1 Å². The molecule has 26 heavy (non-hydrogen) atoms. The summed E-state index contributed by atoms with van der Waals surface area (Å²) >= 11 is 0. The number of carbonyl (C=O) groups excluding carboxylic acids is 1. The van der Waals surface area contributed by atoms with Gasteiger partial charge in [0.1, 0.15) is 6.61 Å². The Bertz CT molecular complexity index is 709. The SMILES string of the molecule is COc1cc(C(=O)NCC2CCCCC2)ccc1OCc1ccccc1. The van der Waals surface area contributed by atoms with Crippen LogP contribution in [-0.2, 0) is 6.61 Å². The normalized spacial score (nSPS) is 14.7. The summed E-state index contributed by atoms with van der Waals surface area (Å²) in [4.78, 5) is 12.4. The zero-order chi connectivity index (χ0) is 18.2. The zero-order valence-electron chi connectivity index (χ0n) is 15.4. The Labute approximate surface area is 155 Å². The topological polar surface area (TPSA) is 47.6 Å². The quantitative estimate of drug-likeness (QED) is 0.792. The van der Waals surface area contributed by atoms with Crippen LogP contribution < -0.4 is 14.8 Å². The first-order valence-corrected chi connectivity index (χ1v) is 9.39. The van der Waals surface area contributed by atoms with E-state index in [1.807, 2.05) is 30.3 Å². The molecule has 2 aromatic carbocycles. The minimum atomic E-state index is -0.0523. The zero-order valence-corrected chi connectivity index (χ0v) is 15.4. The van der Waals surface area contributed by atoms with Gasteiger partial charge >= 0.3 is 0 Å². The summed E-state index contributed by atoms with van der Waals surface area (Å²) < 4.78 is 11.3. The summed E-state index contributed by atoms with van der Waals surface area (Å²) in [6, 6.07) is 15.3. The van der Waals surface area contributed by atoms with E-state index in [4.69, 9.17) is 9.47 Å². The van der Waals surface area contributed by atoms with Crippen molar-refractivity contribution in [1.29, 1.82) is 0 Å². The highest BCUT2D eigenvalue weighted by Crippen LogP contribution is 2.29. The molecule has 1 N–H and O–H groups in total. The second kappa shape index (κ2) is 9.27. The lowest BCUT2D eigenvalue weighted by Gasteiger charge is -2.21. The van der Waals surface area contributed by atoms with Gasteiger partial charge in [-0.2, -0.15) is 0 Å². The second-order valence-corrected chi connectivity index (χ2v) is 6.85. The van der Waals surface area contributed by atoms with Crippen LogP contribution in [-0.4, -0.2) is 19.6 Å². The van der Waals surface area contributed by atoms with Gasteiger partial charge in [0.15, 0.2) is 11.5 Å². The van der Waals surface area contributed by atoms with E-state index in [0.717, 1.165) is 12.1 Å². The van der Waals surface area contributed by atoms with E-state index in [9.17, 15) is 4.79 Å². The van der Waals surface area contributed by atoms with E-state index < -0.39 is 0 Å². The van der Waals surface area contributed by atoms with Crippen molar-refractivity contribution in [2.24, 2.45) is 5.92 Å². The van der Waals surface area contributed by atoms with Crippen molar-refractivity contribution < 1.29 is 14.3 Å². The fourth-order valence-corrected chi connectivity index (χ4v) is 3.39. The Morgan fingerprint density at radius 2 is 1.81 bits per heavy atom. The maximum atomic E-state index is 12.4. The Balaban J connectivity index is 1.59. The molecule has 4 nitrogen and oxygen atoms in total. The monoisotopic (exact) mass is 353 g/mol. The van der Waals surface area contributed by atoms with Gasteiger partial charge in [0.2, 0.25) is 0 Å². The molecule has 0 saturated heterocycles. The first-order chi connectivity index (χ1) is 12.8. The molecule has 4 heteroatoms. The summed E-state index contributed by atoms with van der Waals surface area (Å²) in [6.45, 7) is 1.22. The molecule has 1 fully saturated rings. The third-order valence-electron chi connectivity index (χ3n) is 4.94. The molecule has 0 radical (unpaired) electrons. The number of benzene rings is 2. The lowest BCUT2D eigenvalue weighted by molar-refractivity contribution is 0.0943. The van der Waals surface area contributed by atoms with E-state index >= 15 is 0 Å². The van der Waals surface area contributed by atoms with Crippen LogP contribution in [0.5, 0.6) is 11.5 Å². The number of ether oxygens (including phenoxy) is 2. The van der Waals surface area contributed by atoms with Crippen molar-refractivity contribution in [3.05, 3.63) is 59.7 Å². The van der Waals surface area contributed by atoms with Gasteiger partial charge in [-0.1, -0.05) is 49.6 Å². The van der Waals surface area contributed by atoms with Gasteiger partial charge in [-0.3, -0.25) is 4.79 Å². The predicted octanol–water partition coefficient (Wildman–Crippen LogP) is 4.58. The molecule has 3 rings (SSSR count). The lowest BCUT2D eigenvalue weighted by atomic mass is 9.89. The van der Waals surface area contributed by atoms with Gasteiger partial charge in [-0.25, -0.2) is 0 Å². The molecule has 0 bridgehead atoms. The molecule has 0 heterocycles. The molecule has 1 aliphatic rings. The van der Waals surface area contributed by atoms with Crippen LogP contribution in [0.3, 0.4) is 0 Å². The standard InChI is InChI=1S/C22H27NO3/c1-25-21-14-19(22(24)23-15-17-8-4-2-5-9-17)12-13-20(21)26-16-18-10-6-3-7-11-18/h3,6-7,10-14,17H,2,4-5,8-9,15-16H2,1H3,(H,23,24). The molecule has 0 atom stereocenters. The van der Waals surface area contributed by atoms with Crippen molar-refractivity contribution in [3.8, 4) is 11.5 Å². The first-order valence-electron chi connectivity index (χ1n) is 9.39. The fourth-order valence-electron chi connectivity index (χ4n) is 3.39. The molecule has 1 saturated carbocycles. The minimum absolute atomic E-state index is 0.0523. The van der Waals surface area contributed by atoms with Crippen molar-refractivity contribution in [2.75, 3.05) is 13.7 Å². The molecule has 138 valence electrons. The number of hydrogen-bond acceptors (Lipinski definition) is 3. The summed E-state index contributed by atoms with van der Waals surface area (Å²) in [5.41, 5.74) is 1.69. The van der Waals surface area contributed by atoms with E-state index in [0.29, 0.717) is 29.6 Å². The van der Waals surface area contributed by atoms with Crippen LogP contribution in [0.25, 0.3) is 0 Å². The maximum Gasteiger partial charge on any atom is 0.251 e. The molecule has 1 amide bonds. The fraction of sp³-hybridized carbons (Fsp3) is 0.409. The van der Waals surface area contributed by atoms with Crippen LogP contribution in [0.1, 0.15) is 48.0 Å². The smallest absolute Gasteiger partial charge is 0.251 e. The first kappa shape index (κ1) is 18.3. The highest BCUT2D eigenvalue weighted by atomic mass is 16.5. The van der Waals surface area contributed by atoms with Crippen LogP contribution in [0, 0.1) is 5.92 Å². The molecule has 1 aliphatic carbocycles. The summed E-state index contributed by atoms with van der Waals surface area (Å²) in [5, 5.41) is 3.06. The van der Waals surface area contributed by atoms with Crippen LogP contribution in [0.4, 0.5) is 0 Å².